The van der Waals surface area contributed by atoms with E-state index in [1.807, 2.05) is 13.8 Å². The molecule has 2 N–H and O–H groups in total. The van der Waals surface area contributed by atoms with Gasteiger partial charge in [0.15, 0.2) is 0 Å². The van der Waals surface area contributed by atoms with Crippen molar-refractivity contribution in [3.05, 3.63) is 63.7 Å². The number of nitrogens with one attached hydrogen (secondary N) is 1. The molecule has 0 unspecified atom stereocenters. The molecule has 9 heteroatoms. The van der Waals surface area contributed by atoms with Crippen LogP contribution in [0.2, 0.25) is 0 Å². The Morgan fingerprint density at radius 1 is 1.21 bits per heavy atom. The number of methoxy groups -OCH3 is 1. The first-order chi connectivity index (χ1) is 16.2. The zero-order valence-electron chi connectivity index (χ0n) is 20.1. The summed E-state index contributed by atoms with van der Waals surface area (Å²) in [4.78, 5) is 44.6. The number of Topliss-reactive ketones (excluding diaryl/α,β-unsaturated/α-hetero) is 1. The van der Waals surface area contributed by atoms with E-state index in [9.17, 15) is 23.9 Å². The maximum atomic E-state index is 14.9. The molecule has 34 heavy (non-hydrogen) atoms. The molecule has 0 radical (unpaired) electrons. The SMILES string of the molecule is CCN(CC)CCN1C(=O)C(=O)/C(=C(/O)c2c(C)[nH]c(C(=O)OC)c2C)[C@H]1c1ccccc1F. The van der Waals surface area contributed by atoms with Crippen molar-refractivity contribution in [3.63, 3.8) is 0 Å². The van der Waals surface area contributed by atoms with Crippen LogP contribution in [0.1, 0.15) is 52.8 Å². The molecule has 2 heterocycles. The number of rotatable bonds is 8. The Balaban J connectivity index is 2.20. The lowest BCUT2D eigenvalue weighted by atomic mass is 9.93. The molecule has 8 nitrogen and oxygen atoms in total. The number of aliphatic hydroxyl groups is 1. The Bertz CT molecular complexity index is 1150. The number of hydrogen-bond donors (Lipinski definition) is 2. The number of carbonyl (C=O) groups is 3. The largest absolute Gasteiger partial charge is 0.507 e. The van der Waals surface area contributed by atoms with Gasteiger partial charge in [0.2, 0.25) is 0 Å². The maximum absolute atomic E-state index is 14.9. The molecule has 1 saturated heterocycles. The van der Waals surface area contributed by atoms with Crippen LogP contribution in [0, 0.1) is 19.7 Å². The average Bonchev–Trinajstić information content (AvgIpc) is 3.26. The van der Waals surface area contributed by atoms with Crippen LogP contribution in [0.25, 0.3) is 5.76 Å². The van der Waals surface area contributed by atoms with E-state index in [-0.39, 0.29) is 28.9 Å². The number of nitrogens with zero attached hydrogens (tertiary/aromatic N) is 2. The molecule has 1 fully saturated rings. The van der Waals surface area contributed by atoms with E-state index < -0.39 is 35.3 Å². The highest BCUT2D eigenvalue weighted by atomic mass is 19.1. The number of aryl methyl sites for hydroxylation is 1. The van der Waals surface area contributed by atoms with E-state index >= 15 is 0 Å². The van der Waals surface area contributed by atoms with Gasteiger partial charge in [-0.15, -0.1) is 0 Å². The van der Waals surface area contributed by atoms with Gasteiger partial charge in [-0.25, -0.2) is 9.18 Å². The summed E-state index contributed by atoms with van der Waals surface area (Å²) in [6.45, 7) is 9.37. The number of H-pyrrole nitrogens is 1. The monoisotopic (exact) mass is 471 g/mol. The van der Waals surface area contributed by atoms with Gasteiger partial charge in [0, 0.05) is 29.9 Å². The van der Waals surface area contributed by atoms with Crippen molar-refractivity contribution in [1.82, 2.24) is 14.8 Å². The number of aromatic nitrogens is 1. The lowest BCUT2D eigenvalue weighted by Crippen LogP contribution is -2.38. The molecule has 1 amide bonds. The molecule has 1 aromatic carbocycles. The van der Waals surface area contributed by atoms with Gasteiger partial charge in [-0.3, -0.25) is 9.59 Å². The molecule has 1 aliphatic rings. The van der Waals surface area contributed by atoms with Crippen LogP contribution in [0.5, 0.6) is 0 Å². The van der Waals surface area contributed by atoms with Crippen molar-refractivity contribution >= 4 is 23.4 Å². The third-order valence-electron chi connectivity index (χ3n) is 6.36. The zero-order chi connectivity index (χ0) is 25.2. The summed E-state index contributed by atoms with van der Waals surface area (Å²) in [7, 11) is 1.23. The summed E-state index contributed by atoms with van der Waals surface area (Å²) in [5, 5.41) is 11.3. The van der Waals surface area contributed by atoms with Gasteiger partial charge in [0.05, 0.1) is 18.7 Å². The number of likely N-dealkylation sites (tertiary alicyclic amines) is 1. The topological polar surface area (TPSA) is 103 Å². The Hall–Kier alpha value is -3.46. The predicted molar refractivity (Wildman–Crippen MR) is 125 cm³/mol. The number of likely N-dealkylation sites (N-methyl/N-ethyl adjacent to an activating group) is 1. The van der Waals surface area contributed by atoms with Crippen molar-refractivity contribution in [2.45, 2.75) is 33.7 Å². The van der Waals surface area contributed by atoms with Gasteiger partial charge in [-0.1, -0.05) is 32.0 Å². The van der Waals surface area contributed by atoms with Crippen LogP contribution in [-0.4, -0.2) is 70.8 Å². The fourth-order valence-electron chi connectivity index (χ4n) is 4.47. The van der Waals surface area contributed by atoms with Gasteiger partial charge >= 0.3 is 5.97 Å². The molecule has 3 rings (SSSR count). The van der Waals surface area contributed by atoms with E-state index in [0.29, 0.717) is 17.8 Å². The third kappa shape index (κ3) is 4.35. The fourth-order valence-corrected chi connectivity index (χ4v) is 4.47. The number of halogens is 1. The summed E-state index contributed by atoms with van der Waals surface area (Å²) in [5.41, 5.74) is 1.02. The second-order valence-corrected chi connectivity index (χ2v) is 8.16. The number of hydrogen-bond acceptors (Lipinski definition) is 6. The molecule has 182 valence electrons. The molecule has 1 aromatic heterocycles. The first-order valence-electron chi connectivity index (χ1n) is 11.2. The number of benzene rings is 1. The summed E-state index contributed by atoms with van der Waals surface area (Å²) < 4.78 is 19.7. The highest BCUT2D eigenvalue weighted by Crippen LogP contribution is 2.41. The molecule has 2 aromatic rings. The Morgan fingerprint density at radius 2 is 1.85 bits per heavy atom. The highest BCUT2D eigenvalue weighted by molar-refractivity contribution is 6.46. The fraction of sp³-hybridized carbons (Fsp3) is 0.400. The number of carbonyl (C=O) groups excluding carboxylic acids is 3. The minimum absolute atomic E-state index is 0.113. The lowest BCUT2D eigenvalue weighted by molar-refractivity contribution is -0.140. The van der Waals surface area contributed by atoms with Crippen LogP contribution in [0.15, 0.2) is 29.8 Å². The molecule has 0 spiro atoms. The predicted octanol–water partition coefficient (Wildman–Crippen LogP) is 3.32. The van der Waals surface area contributed by atoms with Crippen LogP contribution in [0.4, 0.5) is 4.39 Å². The van der Waals surface area contributed by atoms with Crippen LogP contribution in [0.3, 0.4) is 0 Å². The van der Waals surface area contributed by atoms with Crippen molar-refractivity contribution in [2.75, 3.05) is 33.3 Å². The number of aromatic amines is 1. The minimum Gasteiger partial charge on any atom is -0.507 e. The maximum Gasteiger partial charge on any atom is 0.354 e. The molecular weight excluding hydrogens is 441 g/mol. The summed E-state index contributed by atoms with van der Waals surface area (Å²) >= 11 is 0. The van der Waals surface area contributed by atoms with E-state index in [1.165, 1.54) is 30.2 Å². The van der Waals surface area contributed by atoms with Crippen molar-refractivity contribution in [1.29, 1.82) is 0 Å². The summed E-state index contributed by atoms with van der Waals surface area (Å²) in [6.07, 6.45) is 0. The summed E-state index contributed by atoms with van der Waals surface area (Å²) in [5.74, 6) is -3.39. The van der Waals surface area contributed by atoms with E-state index in [4.69, 9.17) is 4.74 Å². The van der Waals surface area contributed by atoms with Crippen molar-refractivity contribution < 1.29 is 28.6 Å². The molecule has 1 aliphatic heterocycles. The van der Waals surface area contributed by atoms with Crippen LogP contribution < -0.4 is 0 Å². The number of esters is 1. The lowest BCUT2D eigenvalue weighted by Gasteiger charge is -2.28. The Kier molecular flexibility index (Phi) is 7.56. The van der Waals surface area contributed by atoms with Gasteiger partial charge < -0.3 is 24.6 Å². The Morgan fingerprint density at radius 3 is 2.44 bits per heavy atom. The Labute approximate surface area is 198 Å². The van der Waals surface area contributed by atoms with Gasteiger partial charge in [0.25, 0.3) is 11.7 Å². The average molecular weight is 472 g/mol. The molecule has 0 bridgehead atoms. The third-order valence-corrected chi connectivity index (χ3v) is 6.36. The normalized spacial score (nSPS) is 17.6. The van der Waals surface area contributed by atoms with Gasteiger partial charge in [0.1, 0.15) is 17.3 Å². The quantitative estimate of drug-likeness (QED) is 0.265. The molecule has 0 saturated carbocycles. The first-order valence-corrected chi connectivity index (χ1v) is 11.2. The molecule has 0 aliphatic carbocycles. The van der Waals surface area contributed by atoms with E-state index in [2.05, 4.69) is 9.88 Å². The van der Waals surface area contributed by atoms with E-state index in [0.717, 1.165) is 13.1 Å². The minimum atomic E-state index is -1.10. The van der Waals surface area contributed by atoms with Crippen molar-refractivity contribution in [2.24, 2.45) is 0 Å². The number of ketones is 1. The van der Waals surface area contributed by atoms with Crippen molar-refractivity contribution in [3.8, 4) is 0 Å². The van der Waals surface area contributed by atoms with Crippen LogP contribution >= 0.6 is 0 Å². The smallest absolute Gasteiger partial charge is 0.354 e. The second kappa shape index (κ2) is 10.2. The standard InChI is InChI=1S/C25H30FN3O5/c1-6-28(7-2)12-13-29-21(16-10-8-9-11-17(16)26)19(23(31)24(29)32)22(30)18-14(3)20(25(33)34-5)27-15(18)4/h8-11,21,27,30H,6-7,12-13H2,1-5H3/b22-19+/t21-/m1/s1. The first kappa shape index (κ1) is 25.2. The highest BCUT2D eigenvalue weighted by Gasteiger charge is 2.47. The number of ether oxygens (including phenoxy) is 1. The summed E-state index contributed by atoms with van der Waals surface area (Å²) in [6, 6.07) is 4.78. The molecular formula is C25H30FN3O5. The molecule has 1 atom stereocenters. The van der Waals surface area contributed by atoms with Gasteiger partial charge in [-0.05, 0) is 38.6 Å². The van der Waals surface area contributed by atoms with E-state index in [1.54, 1.807) is 19.9 Å². The number of aliphatic hydroxyl groups excluding tert-OH is 1. The van der Waals surface area contributed by atoms with Gasteiger partial charge in [-0.2, -0.15) is 0 Å². The second-order valence-electron chi connectivity index (χ2n) is 8.16. The van der Waals surface area contributed by atoms with Crippen LogP contribution in [-0.2, 0) is 14.3 Å². The zero-order valence-corrected chi connectivity index (χ0v) is 20.1. The number of amides is 1.